The molecular formula is C16H23BrCl2N2O. The number of halogens is 3. The van der Waals surface area contributed by atoms with E-state index in [4.69, 9.17) is 11.6 Å². The molecule has 6 heteroatoms. The van der Waals surface area contributed by atoms with Gasteiger partial charge in [-0.05, 0) is 55.5 Å². The Bertz CT molecular complexity index is 493. The average Bonchev–Trinajstić information content (AvgIpc) is 2.47. The van der Waals surface area contributed by atoms with E-state index in [1.807, 2.05) is 18.2 Å². The van der Waals surface area contributed by atoms with Crippen LogP contribution in [-0.4, -0.2) is 19.0 Å². The number of piperidine rings is 1. The van der Waals surface area contributed by atoms with Gasteiger partial charge in [0.1, 0.15) is 0 Å². The van der Waals surface area contributed by atoms with Gasteiger partial charge in [0, 0.05) is 22.5 Å². The highest BCUT2D eigenvalue weighted by Crippen LogP contribution is 2.23. The summed E-state index contributed by atoms with van der Waals surface area (Å²) in [5.74, 6) is 1.13. The minimum Gasteiger partial charge on any atom is -0.352 e. The highest BCUT2D eigenvalue weighted by molar-refractivity contribution is 9.10. The van der Waals surface area contributed by atoms with Crippen molar-refractivity contribution in [2.24, 2.45) is 11.8 Å². The van der Waals surface area contributed by atoms with Gasteiger partial charge in [-0.3, -0.25) is 4.79 Å². The van der Waals surface area contributed by atoms with Crippen LogP contribution in [-0.2, 0) is 11.3 Å². The van der Waals surface area contributed by atoms with Crippen LogP contribution in [0.1, 0.15) is 31.7 Å². The fourth-order valence-electron chi connectivity index (χ4n) is 2.75. The van der Waals surface area contributed by atoms with E-state index in [0.717, 1.165) is 23.1 Å². The van der Waals surface area contributed by atoms with Gasteiger partial charge in [0.25, 0.3) is 0 Å². The molecule has 2 atom stereocenters. The van der Waals surface area contributed by atoms with Crippen molar-refractivity contribution in [1.82, 2.24) is 10.6 Å². The Morgan fingerprint density at radius 2 is 2.32 bits per heavy atom. The molecule has 0 aliphatic carbocycles. The maximum atomic E-state index is 12.1. The van der Waals surface area contributed by atoms with Crippen LogP contribution in [0.3, 0.4) is 0 Å². The maximum Gasteiger partial charge on any atom is 0.220 e. The lowest BCUT2D eigenvalue weighted by atomic mass is 9.85. The van der Waals surface area contributed by atoms with Crippen molar-refractivity contribution in [2.75, 3.05) is 13.1 Å². The molecule has 0 bridgehead atoms. The highest BCUT2D eigenvalue weighted by atomic mass is 79.9. The van der Waals surface area contributed by atoms with Crippen LogP contribution in [0.2, 0.25) is 5.02 Å². The highest BCUT2D eigenvalue weighted by Gasteiger charge is 2.21. The van der Waals surface area contributed by atoms with Crippen molar-refractivity contribution >= 4 is 45.8 Å². The standard InChI is InChI=1S/C16H22BrClN2O.ClH/c1-11(12-3-2-6-19-9-12)7-16(21)20-10-13-4-5-14(17)8-15(13)18;/h4-5,8,11-12,19H,2-3,6-7,9-10H2,1H3,(H,20,21);1H. The normalized spacial score (nSPS) is 19.1. The van der Waals surface area contributed by atoms with E-state index >= 15 is 0 Å². The molecule has 0 saturated carbocycles. The van der Waals surface area contributed by atoms with E-state index in [1.165, 1.54) is 12.8 Å². The topological polar surface area (TPSA) is 41.1 Å². The molecule has 1 fully saturated rings. The van der Waals surface area contributed by atoms with Gasteiger partial charge in [0.2, 0.25) is 5.91 Å². The van der Waals surface area contributed by atoms with E-state index in [2.05, 4.69) is 33.5 Å². The smallest absolute Gasteiger partial charge is 0.220 e. The Morgan fingerprint density at radius 1 is 1.55 bits per heavy atom. The Balaban J connectivity index is 0.00000242. The molecule has 124 valence electrons. The van der Waals surface area contributed by atoms with Crippen molar-refractivity contribution in [1.29, 1.82) is 0 Å². The summed E-state index contributed by atoms with van der Waals surface area (Å²) in [5.41, 5.74) is 0.945. The molecule has 3 nitrogen and oxygen atoms in total. The van der Waals surface area contributed by atoms with Crippen LogP contribution in [0.25, 0.3) is 0 Å². The summed E-state index contributed by atoms with van der Waals surface area (Å²) in [6.07, 6.45) is 3.02. The molecule has 0 spiro atoms. The zero-order valence-corrected chi connectivity index (χ0v) is 15.9. The largest absolute Gasteiger partial charge is 0.352 e. The number of hydrogen-bond acceptors (Lipinski definition) is 2. The fourth-order valence-corrected chi connectivity index (χ4v) is 3.49. The Hall–Kier alpha value is -0.290. The zero-order valence-electron chi connectivity index (χ0n) is 12.7. The van der Waals surface area contributed by atoms with Crippen molar-refractivity contribution in [3.05, 3.63) is 33.3 Å². The molecule has 2 N–H and O–H groups in total. The minimum atomic E-state index is 0. The van der Waals surface area contributed by atoms with Gasteiger partial charge in [-0.25, -0.2) is 0 Å². The van der Waals surface area contributed by atoms with Crippen LogP contribution in [0.4, 0.5) is 0 Å². The monoisotopic (exact) mass is 408 g/mol. The van der Waals surface area contributed by atoms with Crippen LogP contribution < -0.4 is 10.6 Å². The Morgan fingerprint density at radius 3 is 2.95 bits per heavy atom. The first-order valence-electron chi connectivity index (χ1n) is 7.47. The minimum absolute atomic E-state index is 0. The second kappa shape index (κ2) is 9.76. The first kappa shape index (κ1) is 19.8. The summed E-state index contributed by atoms with van der Waals surface area (Å²) in [6, 6.07) is 5.71. The number of carbonyl (C=O) groups excluding carboxylic acids is 1. The number of hydrogen-bond donors (Lipinski definition) is 2. The SMILES string of the molecule is CC(CC(=O)NCc1ccc(Br)cc1Cl)C1CCCNC1.Cl. The quantitative estimate of drug-likeness (QED) is 0.766. The van der Waals surface area contributed by atoms with Gasteiger partial charge in [-0.1, -0.05) is 40.5 Å². The van der Waals surface area contributed by atoms with E-state index in [0.29, 0.717) is 29.8 Å². The van der Waals surface area contributed by atoms with E-state index in [1.54, 1.807) is 0 Å². The van der Waals surface area contributed by atoms with Gasteiger partial charge in [-0.15, -0.1) is 12.4 Å². The van der Waals surface area contributed by atoms with Gasteiger partial charge < -0.3 is 10.6 Å². The van der Waals surface area contributed by atoms with Crippen molar-refractivity contribution in [3.63, 3.8) is 0 Å². The summed E-state index contributed by atoms with van der Waals surface area (Å²) < 4.78 is 0.945. The third-order valence-corrected chi connectivity index (χ3v) is 4.98. The average molecular weight is 410 g/mol. The summed E-state index contributed by atoms with van der Waals surface area (Å²) in [5, 5.41) is 7.05. The number of amides is 1. The molecule has 0 radical (unpaired) electrons. The van der Waals surface area contributed by atoms with Crippen molar-refractivity contribution in [3.8, 4) is 0 Å². The molecule has 1 aromatic rings. The lowest BCUT2D eigenvalue weighted by molar-refractivity contribution is -0.122. The molecule has 0 aromatic heterocycles. The fraction of sp³-hybridized carbons (Fsp3) is 0.562. The molecule has 1 aromatic carbocycles. The summed E-state index contributed by atoms with van der Waals surface area (Å²) in [7, 11) is 0. The van der Waals surface area contributed by atoms with Gasteiger partial charge in [0.15, 0.2) is 0 Å². The summed E-state index contributed by atoms with van der Waals surface area (Å²) in [4.78, 5) is 12.1. The summed E-state index contributed by atoms with van der Waals surface area (Å²) >= 11 is 9.53. The third-order valence-electron chi connectivity index (χ3n) is 4.14. The molecule has 22 heavy (non-hydrogen) atoms. The van der Waals surface area contributed by atoms with Gasteiger partial charge in [0.05, 0.1) is 0 Å². The number of nitrogens with one attached hydrogen (secondary N) is 2. The molecule has 2 unspecified atom stereocenters. The summed E-state index contributed by atoms with van der Waals surface area (Å²) in [6.45, 7) is 4.80. The molecule has 1 aliphatic heterocycles. The Kier molecular flexibility index (Phi) is 8.77. The second-order valence-corrected chi connectivity index (χ2v) is 7.12. The van der Waals surface area contributed by atoms with Crippen LogP contribution >= 0.6 is 39.9 Å². The van der Waals surface area contributed by atoms with Crippen LogP contribution in [0, 0.1) is 11.8 Å². The molecule has 1 saturated heterocycles. The van der Waals surface area contributed by atoms with Gasteiger partial charge >= 0.3 is 0 Å². The molecule has 1 amide bonds. The van der Waals surface area contributed by atoms with Crippen LogP contribution in [0.15, 0.2) is 22.7 Å². The van der Waals surface area contributed by atoms with Gasteiger partial charge in [-0.2, -0.15) is 0 Å². The van der Waals surface area contributed by atoms with Crippen molar-refractivity contribution < 1.29 is 4.79 Å². The number of carbonyl (C=O) groups is 1. The lowest BCUT2D eigenvalue weighted by Crippen LogP contribution is -2.35. The Labute approximate surface area is 152 Å². The number of rotatable bonds is 5. The molecule has 1 aliphatic rings. The predicted molar refractivity (Wildman–Crippen MR) is 97.6 cm³/mol. The first-order valence-corrected chi connectivity index (χ1v) is 8.64. The first-order chi connectivity index (χ1) is 10.1. The zero-order chi connectivity index (χ0) is 15.2. The van der Waals surface area contributed by atoms with Crippen molar-refractivity contribution in [2.45, 2.75) is 32.7 Å². The molecule has 2 rings (SSSR count). The van der Waals surface area contributed by atoms with E-state index in [-0.39, 0.29) is 18.3 Å². The predicted octanol–water partition coefficient (Wildman–Crippen LogP) is 4.17. The molecule has 1 heterocycles. The van der Waals surface area contributed by atoms with Crippen LogP contribution in [0.5, 0.6) is 0 Å². The maximum absolute atomic E-state index is 12.1. The third kappa shape index (κ3) is 6.07. The number of benzene rings is 1. The molecular weight excluding hydrogens is 387 g/mol. The second-order valence-electron chi connectivity index (χ2n) is 5.80. The van der Waals surface area contributed by atoms with E-state index < -0.39 is 0 Å². The lowest BCUT2D eigenvalue weighted by Gasteiger charge is -2.28. The van der Waals surface area contributed by atoms with E-state index in [9.17, 15) is 4.79 Å².